The van der Waals surface area contributed by atoms with Gasteiger partial charge in [-0.2, -0.15) is 0 Å². The van der Waals surface area contributed by atoms with Gasteiger partial charge in [0.25, 0.3) is 5.91 Å². The first-order valence-electron chi connectivity index (χ1n) is 10.4. The number of aromatic nitrogens is 1. The Morgan fingerprint density at radius 1 is 1.31 bits per heavy atom. The van der Waals surface area contributed by atoms with Gasteiger partial charge >= 0.3 is 0 Å². The van der Waals surface area contributed by atoms with E-state index in [2.05, 4.69) is 27.3 Å². The summed E-state index contributed by atoms with van der Waals surface area (Å²) in [5.74, 6) is 1.95. The first-order valence-corrected chi connectivity index (χ1v) is 10.4. The van der Waals surface area contributed by atoms with Crippen molar-refractivity contribution >= 4 is 5.91 Å². The normalized spacial score (nSPS) is 18.9. The van der Waals surface area contributed by atoms with Crippen molar-refractivity contribution in [2.45, 2.75) is 44.9 Å². The van der Waals surface area contributed by atoms with Gasteiger partial charge in [0.05, 0.1) is 19.8 Å². The monoisotopic (exact) mass is 399 g/mol. The maximum absolute atomic E-state index is 12.3. The predicted octanol–water partition coefficient (Wildman–Crippen LogP) is 3.00. The number of rotatable bonds is 10. The lowest BCUT2D eigenvalue weighted by molar-refractivity contribution is 0.0853. The molecular weight excluding hydrogens is 370 g/mol. The van der Waals surface area contributed by atoms with E-state index in [0.717, 1.165) is 44.2 Å². The van der Waals surface area contributed by atoms with Crippen LogP contribution < -0.4 is 10.1 Å². The second-order valence-corrected chi connectivity index (χ2v) is 7.94. The number of methoxy groups -OCH3 is 1. The summed E-state index contributed by atoms with van der Waals surface area (Å²) in [6.45, 7) is 3.66. The number of benzene rings is 1. The molecule has 1 saturated heterocycles. The van der Waals surface area contributed by atoms with Crippen LogP contribution in [0.15, 0.2) is 34.9 Å². The summed E-state index contributed by atoms with van der Waals surface area (Å²) in [6.07, 6.45) is 6.15. The summed E-state index contributed by atoms with van der Waals surface area (Å²) in [5.41, 5.74) is 1.51. The molecule has 2 fully saturated rings. The van der Waals surface area contributed by atoms with Crippen molar-refractivity contribution in [3.05, 3.63) is 47.7 Å². The molecule has 1 atom stereocenters. The lowest BCUT2D eigenvalue weighted by atomic mass is 10.2. The number of hydrogen-bond donors (Lipinski definition) is 1. The largest absolute Gasteiger partial charge is 0.497 e. The van der Waals surface area contributed by atoms with Crippen LogP contribution in [0.2, 0.25) is 0 Å². The van der Waals surface area contributed by atoms with E-state index in [1.165, 1.54) is 24.7 Å². The molecule has 1 aromatic heterocycles. The smallest absolute Gasteiger partial charge is 0.273 e. The first-order chi connectivity index (χ1) is 14.2. The average molecular weight is 399 g/mol. The van der Waals surface area contributed by atoms with Crippen LogP contribution in [0.5, 0.6) is 5.75 Å². The van der Waals surface area contributed by atoms with Crippen LogP contribution in [0.25, 0.3) is 0 Å². The van der Waals surface area contributed by atoms with Gasteiger partial charge in [-0.3, -0.25) is 9.69 Å². The number of carbonyl (C=O) groups excluding carboxylic acids is 1. The molecule has 2 heterocycles. The molecule has 1 aromatic carbocycles. The molecule has 1 aliphatic heterocycles. The number of oxazole rings is 1. The van der Waals surface area contributed by atoms with E-state index in [4.69, 9.17) is 13.9 Å². The van der Waals surface area contributed by atoms with Crippen molar-refractivity contribution < 1.29 is 18.7 Å². The topological polar surface area (TPSA) is 76.8 Å². The molecular formula is C22H29N3O4. The second-order valence-electron chi connectivity index (χ2n) is 7.94. The van der Waals surface area contributed by atoms with Gasteiger partial charge in [0.15, 0.2) is 5.69 Å². The molecule has 1 saturated carbocycles. The minimum atomic E-state index is -0.211. The van der Waals surface area contributed by atoms with E-state index < -0.39 is 0 Å². The van der Waals surface area contributed by atoms with Crippen molar-refractivity contribution in [2.24, 2.45) is 5.92 Å². The highest BCUT2D eigenvalue weighted by atomic mass is 16.5. The molecule has 1 N–H and O–H groups in total. The summed E-state index contributed by atoms with van der Waals surface area (Å²) in [6, 6.07) is 8.11. The van der Waals surface area contributed by atoms with Crippen LogP contribution in [0, 0.1) is 5.92 Å². The average Bonchev–Trinajstić information content (AvgIpc) is 3.19. The van der Waals surface area contributed by atoms with Crippen molar-refractivity contribution in [3.63, 3.8) is 0 Å². The van der Waals surface area contributed by atoms with E-state index in [0.29, 0.717) is 24.7 Å². The second kappa shape index (κ2) is 9.41. The number of carbonyl (C=O) groups is 1. The highest BCUT2D eigenvalue weighted by molar-refractivity contribution is 5.91. The van der Waals surface area contributed by atoms with Gasteiger partial charge in [-0.15, -0.1) is 0 Å². The zero-order valence-corrected chi connectivity index (χ0v) is 16.9. The molecule has 0 bridgehead atoms. The minimum Gasteiger partial charge on any atom is -0.497 e. The van der Waals surface area contributed by atoms with Crippen LogP contribution in [-0.2, 0) is 17.8 Å². The van der Waals surface area contributed by atoms with Gasteiger partial charge < -0.3 is 19.2 Å². The van der Waals surface area contributed by atoms with Crippen molar-refractivity contribution in [2.75, 3.05) is 26.8 Å². The zero-order chi connectivity index (χ0) is 20.1. The van der Waals surface area contributed by atoms with Gasteiger partial charge in [0, 0.05) is 26.2 Å². The lowest BCUT2D eigenvalue weighted by Crippen LogP contribution is -2.32. The molecule has 29 heavy (non-hydrogen) atoms. The number of amides is 1. The standard InChI is InChI=1S/C22H29N3O4/c1-27-18-5-2-4-17(10-18)13-25(12-16-7-8-16)14-21-24-20(15-29-21)22(26)23-11-19-6-3-9-28-19/h2,4-5,10,15-16,19H,3,6-9,11-14H2,1H3,(H,23,26). The fourth-order valence-electron chi connectivity index (χ4n) is 3.66. The Morgan fingerprint density at radius 2 is 2.21 bits per heavy atom. The van der Waals surface area contributed by atoms with Gasteiger partial charge in [0.2, 0.25) is 5.89 Å². The third-order valence-electron chi connectivity index (χ3n) is 5.41. The fraction of sp³-hybridized carbons (Fsp3) is 0.545. The van der Waals surface area contributed by atoms with Gasteiger partial charge in [-0.25, -0.2) is 4.98 Å². The molecule has 1 amide bonds. The maximum Gasteiger partial charge on any atom is 0.273 e. The van der Waals surface area contributed by atoms with Gasteiger partial charge in [-0.05, 0) is 49.3 Å². The van der Waals surface area contributed by atoms with Crippen LogP contribution in [0.1, 0.15) is 47.6 Å². The number of hydrogen-bond acceptors (Lipinski definition) is 6. The Hall–Kier alpha value is -2.38. The SMILES string of the molecule is COc1cccc(CN(Cc2nc(C(=O)NCC3CCCO3)co2)CC2CC2)c1. The molecule has 4 rings (SSSR count). The van der Waals surface area contributed by atoms with Crippen molar-refractivity contribution in [1.82, 2.24) is 15.2 Å². The molecule has 1 unspecified atom stereocenters. The Kier molecular flexibility index (Phi) is 6.46. The Balaban J connectivity index is 1.35. The Morgan fingerprint density at radius 3 is 2.97 bits per heavy atom. The fourth-order valence-corrected chi connectivity index (χ4v) is 3.66. The Bertz CT molecular complexity index is 812. The third-order valence-corrected chi connectivity index (χ3v) is 5.41. The van der Waals surface area contributed by atoms with E-state index in [1.807, 2.05) is 12.1 Å². The lowest BCUT2D eigenvalue weighted by Gasteiger charge is -2.21. The molecule has 2 aromatic rings. The van der Waals surface area contributed by atoms with Gasteiger partial charge in [0.1, 0.15) is 12.0 Å². The molecule has 156 valence electrons. The number of nitrogens with one attached hydrogen (secondary N) is 1. The van der Waals surface area contributed by atoms with Crippen molar-refractivity contribution in [3.8, 4) is 5.75 Å². The molecule has 0 spiro atoms. The van der Waals surface area contributed by atoms with Crippen molar-refractivity contribution in [1.29, 1.82) is 0 Å². The summed E-state index contributed by atoms with van der Waals surface area (Å²) in [7, 11) is 1.68. The van der Waals surface area contributed by atoms with Crippen LogP contribution in [0.4, 0.5) is 0 Å². The number of ether oxygens (including phenoxy) is 2. The maximum atomic E-state index is 12.3. The van der Waals surface area contributed by atoms with E-state index in [1.54, 1.807) is 7.11 Å². The predicted molar refractivity (Wildman–Crippen MR) is 108 cm³/mol. The molecule has 0 radical (unpaired) electrons. The quantitative estimate of drug-likeness (QED) is 0.662. The van der Waals surface area contributed by atoms with E-state index >= 15 is 0 Å². The van der Waals surface area contributed by atoms with Gasteiger partial charge in [-0.1, -0.05) is 12.1 Å². The summed E-state index contributed by atoms with van der Waals surface area (Å²) < 4.78 is 16.5. The van der Waals surface area contributed by atoms with E-state index in [9.17, 15) is 4.79 Å². The molecule has 1 aliphatic carbocycles. The summed E-state index contributed by atoms with van der Waals surface area (Å²) in [4.78, 5) is 19.1. The summed E-state index contributed by atoms with van der Waals surface area (Å²) >= 11 is 0. The minimum absolute atomic E-state index is 0.113. The highest BCUT2D eigenvalue weighted by Gasteiger charge is 2.26. The van der Waals surface area contributed by atoms with Crippen LogP contribution >= 0.6 is 0 Å². The zero-order valence-electron chi connectivity index (χ0n) is 16.9. The van der Waals surface area contributed by atoms with Crippen LogP contribution in [0.3, 0.4) is 0 Å². The molecule has 2 aliphatic rings. The third kappa shape index (κ3) is 5.81. The molecule has 7 nitrogen and oxygen atoms in total. The van der Waals surface area contributed by atoms with Crippen LogP contribution in [-0.4, -0.2) is 48.7 Å². The Labute approximate surface area is 171 Å². The highest BCUT2D eigenvalue weighted by Crippen LogP contribution is 2.31. The number of nitrogens with zero attached hydrogens (tertiary/aromatic N) is 2. The van der Waals surface area contributed by atoms with E-state index in [-0.39, 0.29) is 12.0 Å². The summed E-state index contributed by atoms with van der Waals surface area (Å²) in [5, 5.41) is 2.89. The first kappa shape index (κ1) is 19.9. The molecule has 7 heteroatoms.